The Kier molecular flexibility index (Phi) is 8.14. The van der Waals surface area contributed by atoms with Gasteiger partial charge in [-0.25, -0.2) is 8.42 Å². The van der Waals surface area contributed by atoms with Crippen molar-refractivity contribution in [1.29, 1.82) is 0 Å². The van der Waals surface area contributed by atoms with E-state index in [0.717, 1.165) is 27.6 Å². The van der Waals surface area contributed by atoms with Crippen molar-refractivity contribution in [3.63, 3.8) is 0 Å². The van der Waals surface area contributed by atoms with Crippen LogP contribution in [0.1, 0.15) is 24.0 Å². The molecule has 2 aliphatic heterocycles. The van der Waals surface area contributed by atoms with E-state index in [-0.39, 0.29) is 18.5 Å². The van der Waals surface area contributed by atoms with E-state index in [2.05, 4.69) is 10.2 Å². The van der Waals surface area contributed by atoms with Gasteiger partial charge in [-0.2, -0.15) is 4.31 Å². The molecule has 2 saturated heterocycles. The molecule has 0 aliphatic carbocycles. The fourth-order valence-corrected chi connectivity index (χ4v) is 7.82. The number of amides is 1. The lowest BCUT2D eigenvalue weighted by molar-refractivity contribution is -0.139. The second kappa shape index (κ2) is 12.0. The van der Waals surface area contributed by atoms with E-state index >= 15 is 0 Å². The quantitative estimate of drug-likeness (QED) is 0.321. The van der Waals surface area contributed by atoms with Crippen LogP contribution < -0.4 is 5.32 Å². The van der Waals surface area contributed by atoms with Crippen LogP contribution >= 0.6 is 0 Å². The predicted octanol–water partition coefficient (Wildman–Crippen LogP) is 5.25. The Hall–Kier alpha value is -3.56. The summed E-state index contributed by atoms with van der Waals surface area (Å²) in [5, 5.41) is 5.18. The number of piperidine rings is 1. The van der Waals surface area contributed by atoms with Crippen LogP contribution in [0.4, 0.5) is 5.69 Å². The summed E-state index contributed by atoms with van der Waals surface area (Å²) >= 11 is 0. The van der Waals surface area contributed by atoms with Crippen molar-refractivity contribution in [2.45, 2.75) is 42.7 Å². The molecule has 4 aromatic rings. The molecule has 2 heterocycles. The number of fused-ring (bicyclic) bond motifs is 1. The average molecular weight is 584 g/mol. The van der Waals surface area contributed by atoms with Crippen LogP contribution in [-0.2, 0) is 26.0 Å². The zero-order valence-corrected chi connectivity index (χ0v) is 24.7. The number of carbonyl (C=O) groups excluding carboxylic acids is 1. The Morgan fingerprint density at radius 2 is 1.60 bits per heavy atom. The molecule has 0 aromatic heterocycles. The summed E-state index contributed by atoms with van der Waals surface area (Å²) in [4.78, 5) is 15.4. The van der Waals surface area contributed by atoms with E-state index < -0.39 is 15.6 Å². The number of morpholine rings is 1. The molecule has 1 amide bonds. The van der Waals surface area contributed by atoms with Crippen molar-refractivity contribution in [2.24, 2.45) is 0 Å². The molecule has 0 bridgehead atoms. The van der Waals surface area contributed by atoms with E-state index in [1.165, 1.54) is 0 Å². The first-order valence-corrected chi connectivity index (χ1v) is 16.0. The maximum atomic E-state index is 14.0. The van der Waals surface area contributed by atoms with Gasteiger partial charge < -0.3 is 10.1 Å². The molecule has 6 rings (SSSR count). The van der Waals surface area contributed by atoms with E-state index in [1.54, 1.807) is 16.4 Å². The number of sulfonamides is 1. The lowest BCUT2D eigenvalue weighted by Crippen LogP contribution is -2.62. The second-order valence-corrected chi connectivity index (χ2v) is 13.4. The molecule has 1 spiro atoms. The van der Waals surface area contributed by atoms with Gasteiger partial charge in [-0.05, 0) is 55.3 Å². The fourth-order valence-electron chi connectivity index (χ4n) is 6.14. The van der Waals surface area contributed by atoms with Crippen LogP contribution in [0.25, 0.3) is 10.8 Å². The molecule has 42 heavy (non-hydrogen) atoms. The van der Waals surface area contributed by atoms with Crippen molar-refractivity contribution in [3.8, 4) is 0 Å². The first-order chi connectivity index (χ1) is 20.3. The fraction of sp³-hybridized carbons (Fsp3) is 0.324. The summed E-state index contributed by atoms with van der Waals surface area (Å²) in [7, 11) is -3.73. The van der Waals surface area contributed by atoms with Crippen LogP contribution in [0.15, 0.2) is 102 Å². The normalized spacial score (nSPS) is 19.6. The monoisotopic (exact) mass is 583 g/mol. The minimum Gasteiger partial charge on any atom is -0.372 e. The van der Waals surface area contributed by atoms with E-state index in [9.17, 15) is 13.2 Å². The molecule has 7 nitrogen and oxygen atoms in total. The van der Waals surface area contributed by atoms with Crippen LogP contribution in [0, 0.1) is 6.92 Å². The van der Waals surface area contributed by atoms with Crippen molar-refractivity contribution in [1.82, 2.24) is 9.21 Å². The first kappa shape index (κ1) is 28.6. The molecule has 2 fully saturated rings. The minimum absolute atomic E-state index is 0.0571. The van der Waals surface area contributed by atoms with Gasteiger partial charge in [0.25, 0.3) is 0 Å². The zero-order valence-electron chi connectivity index (χ0n) is 23.9. The van der Waals surface area contributed by atoms with Gasteiger partial charge in [-0.1, -0.05) is 84.4 Å². The molecule has 8 heteroatoms. The molecular weight excluding hydrogens is 546 g/mol. The molecule has 1 N–H and O–H groups in total. The third kappa shape index (κ3) is 6.13. The van der Waals surface area contributed by atoms with Crippen molar-refractivity contribution < 1.29 is 17.9 Å². The summed E-state index contributed by atoms with van der Waals surface area (Å²) < 4.78 is 36.2. The number of carbonyl (C=O) groups is 1. The lowest BCUT2D eigenvalue weighted by Gasteiger charge is -2.49. The number of aryl methyl sites for hydroxylation is 1. The molecular formula is C34H37N3O4S. The lowest BCUT2D eigenvalue weighted by atomic mass is 9.88. The number of benzene rings is 4. The summed E-state index contributed by atoms with van der Waals surface area (Å²) in [5.74, 6) is -0.0571. The van der Waals surface area contributed by atoms with Gasteiger partial charge in [0, 0.05) is 30.7 Å². The van der Waals surface area contributed by atoms with Gasteiger partial charge in [0.1, 0.15) is 0 Å². The summed E-state index contributed by atoms with van der Waals surface area (Å²) in [6, 6.07) is 30.7. The highest BCUT2D eigenvalue weighted by atomic mass is 32.2. The number of ether oxygens (including phenoxy) is 1. The number of anilines is 1. The van der Waals surface area contributed by atoms with E-state index in [4.69, 9.17) is 4.74 Å². The molecule has 0 radical (unpaired) electrons. The average Bonchev–Trinajstić information content (AvgIpc) is 3.00. The number of nitrogens with one attached hydrogen (secondary N) is 1. The molecule has 4 aromatic carbocycles. The molecule has 1 atom stereocenters. The Morgan fingerprint density at radius 3 is 2.36 bits per heavy atom. The Labute approximate surface area is 248 Å². The maximum absolute atomic E-state index is 14.0. The minimum atomic E-state index is -3.73. The number of likely N-dealkylation sites (tertiary alicyclic amines) is 1. The van der Waals surface area contributed by atoms with E-state index in [0.29, 0.717) is 50.4 Å². The van der Waals surface area contributed by atoms with Crippen molar-refractivity contribution in [3.05, 3.63) is 108 Å². The topological polar surface area (TPSA) is 79.0 Å². The van der Waals surface area contributed by atoms with E-state index in [1.807, 2.05) is 91.9 Å². The van der Waals surface area contributed by atoms with Crippen molar-refractivity contribution >= 4 is 32.4 Å². The number of nitrogens with zero attached hydrogens (tertiary/aromatic N) is 2. The summed E-state index contributed by atoms with van der Waals surface area (Å²) in [5.41, 5.74) is 2.33. The predicted molar refractivity (Wildman–Crippen MR) is 166 cm³/mol. The summed E-state index contributed by atoms with van der Waals surface area (Å²) in [6.07, 6.45) is 1.90. The van der Waals surface area contributed by atoms with Crippen LogP contribution in [0.5, 0.6) is 0 Å². The van der Waals surface area contributed by atoms with Gasteiger partial charge in [0.2, 0.25) is 15.9 Å². The number of hydrogen-bond acceptors (Lipinski definition) is 5. The van der Waals surface area contributed by atoms with Gasteiger partial charge in [0.05, 0.1) is 29.7 Å². The highest BCUT2D eigenvalue weighted by molar-refractivity contribution is 7.89. The third-order valence-corrected chi connectivity index (χ3v) is 10.5. The van der Waals surface area contributed by atoms with Crippen molar-refractivity contribution in [2.75, 3.05) is 38.1 Å². The Morgan fingerprint density at radius 1 is 0.905 bits per heavy atom. The SMILES string of the molecule is Cc1ccc(S(=O)(=O)N2CC3(CCN(CC(=O)Nc4cccc5ccccc45)CC3)OC[C@H]2Cc2ccccc2)cc1. The van der Waals surface area contributed by atoms with Crippen LogP contribution in [0.2, 0.25) is 0 Å². The largest absolute Gasteiger partial charge is 0.372 e. The molecule has 2 aliphatic rings. The Balaban J connectivity index is 1.14. The maximum Gasteiger partial charge on any atom is 0.243 e. The van der Waals surface area contributed by atoms with Crippen LogP contribution in [0.3, 0.4) is 0 Å². The third-order valence-electron chi connectivity index (χ3n) is 8.57. The first-order valence-electron chi connectivity index (χ1n) is 14.6. The van der Waals surface area contributed by atoms with Gasteiger partial charge in [-0.3, -0.25) is 9.69 Å². The summed E-state index contributed by atoms with van der Waals surface area (Å²) in [6.45, 7) is 4.18. The van der Waals surface area contributed by atoms with Gasteiger partial charge in [0.15, 0.2) is 0 Å². The number of hydrogen-bond donors (Lipinski definition) is 1. The standard InChI is InChI=1S/C34H37N3O4S/c1-26-14-16-30(17-15-26)42(39,40)37-25-34(41-24-29(37)22-27-8-3-2-4-9-27)18-20-36(21-19-34)23-33(38)35-32-13-7-11-28-10-5-6-12-31(28)32/h2-17,29H,18-25H2,1H3,(H,35,38)/t29-/m1/s1. The zero-order chi connectivity index (χ0) is 29.2. The molecule has 0 unspecified atom stereocenters. The molecule has 218 valence electrons. The van der Waals surface area contributed by atoms with Gasteiger partial charge >= 0.3 is 0 Å². The van der Waals surface area contributed by atoms with Crippen LogP contribution in [-0.4, -0.2) is 68.0 Å². The smallest absolute Gasteiger partial charge is 0.243 e. The number of rotatable bonds is 7. The van der Waals surface area contributed by atoms with Gasteiger partial charge in [-0.15, -0.1) is 0 Å². The highest BCUT2D eigenvalue weighted by Crippen LogP contribution is 2.36. The second-order valence-electron chi connectivity index (χ2n) is 11.6. The Bertz CT molecular complexity index is 1640. The molecule has 0 saturated carbocycles. The highest BCUT2D eigenvalue weighted by Gasteiger charge is 2.47.